The molecule has 8 heteroatoms. The van der Waals surface area contributed by atoms with Crippen molar-refractivity contribution in [3.05, 3.63) is 29.5 Å². The highest BCUT2D eigenvalue weighted by molar-refractivity contribution is 8.13. The highest BCUT2D eigenvalue weighted by atomic mass is 32.2. The molecule has 2 aromatic heterocycles. The normalized spacial score (nSPS) is 19.6. The van der Waals surface area contributed by atoms with Crippen LogP contribution < -0.4 is 0 Å². The minimum atomic E-state index is -0.489. The summed E-state index contributed by atoms with van der Waals surface area (Å²) in [7, 11) is -0.489. The van der Waals surface area contributed by atoms with Crippen LogP contribution in [0.2, 0.25) is 0 Å². The Kier molecular flexibility index (Phi) is 4.79. The molecule has 1 saturated heterocycles. The molecule has 2 aromatic rings. The second kappa shape index (κ2) is 6.59. The van der Waals surface area contributed by atoms with Crippen LogP contribution in [0.25, 0.3) is 17.1 Å². The zero-order valence-corrected chi connectivity index (χ0v) is 15.9. The van der Waals surface area contributed by atoms with Gasteiger partial charge in [-0.25, -0.2) is 4.98 Å². The van der Waals surface area contributed by atoms with E-state index in [9.17, 15) is 4.79 Å². The van der Waals surface area contributed by atoms with Crippen LogP contribution in [0.3, 0.4) is 0 Å². The van der Waals surface area contributed by atoms with Gasteiger partial charge in [-0.3, -0.25) is 9.89 Å². The van der Waals surface area contributed by atoms with Gasteiger partial charge in [0.1, 0.15) is 0 Å². The number of hydrogen-bond donors (Lipinski definition) is 1. The van der Waals surface area contributed by atoms with Crippen molar-refractivity contribution in [3.63, 3.8) is 0 Å². The van der Waals surface area contributed by atoms with Crippen molar-refractivity contribution in [1.29, 1.82) is 0 Å². The molecule has 0 saturated carbocycles. The van der Waals surface area contributed by atoms with Gasteiger partial charge in [-0.2, -0.15) is 5.10 Å². The molecule has 0 atom stereocenters. The summed E-state index contributed by atoms with van der Waals surface area (Å²) in [5.41, 5.74) is 1.72. The number of aromatic nitrogens is 3. The molecule has 0 aliphatic carbocycles. The van der Waals surface area contributed by atoms with E-state index >= 15 is 0 Å². The Labute approximate surface area is 151 Å². The Morgan fingerprint density at radius 3 is 2.60 bits per heavy atom. The lowest BCUT2D eigenvalue weighted by molar-refractivity contribution is -0.109. The van der Waals surface area contributed by atoms with Crippen LogP contribution in [0.15, 0.2) is 23.9 Å². The fourth-order valence-corrected chi connectivity index (χ4v) is 3.09. The lowest BCUT2D eigenvalue weighted by Crippen LogP contribution is -2.41. The first-order chi connectivity index (χ1) is 11.7. The first-order valence-corrected chi connectivity index (χ1v) is 9.15. The van der Waals surface area contributed by atoms with Crippen molar-refractivity contribution in [2.75, 3.05) is 5.75 Å². The maximum absolute atomic E-state index is 11.4. The molecule has 1 N–H and O–H groups in total. The Morgan fingerprint density at radius 1 is 1.28 bits per heavy atom. The predicted molar refractivity (Wildman–Crippen MR) is 101 cm³/mol. The molecule has 1 fully saturated rings. The number of hydrogen-bond acceptors (Lipinski definition) is 6. The molecule has 132 valence electrons. The molecule has 6 nitrogen and oxygen atoms in total. The third-order valence-corrected chi connectivity index (χ3v) is 5.55. The summed E-state index contributed by atoms with van der Waals surface area (Å²) in [4.78, 5) is 15.8. The maximum Gasteiger partial charge on any atom is 0.491 e. The van der Waals surface area contributed by atoms with E-state index in [0.29, 0.717) is 5.75 Å². The molecule has 1 aliphatic heterocycles. The zero-order valence-electron chi connectivity index (χ0n) is 15.1. The van der Waals surface area contributed by atoms with Crippen LogP contribution in [0, 0.1) is 0 Å². The number of fused-ring (bicyclic) bond motifs is 1. The van der Waals surface area contributed by atoms with Crippen LogP contribution in [0.1, 0.15) is 40.2 Å². The first-order valence-electron chi connectivity index (χ1n) is 8.16. The predicted octanol–water partition coefficient (Wildman–Crippen LogP) is 3.25. The van der Waals surface area contributed by atoms with E-state index in [1.165, 1.54) is 11.8 Å². The minimum Gasteiger partial charge on any atom is -0.400 e. The van der Waals surface area contributed by atoms with Crippen molar-refractivity contribution in [2.24, 2.45) is 0 Å². The summed E-state index contributed by atoms with van der Waals surface area (Å²) in [6, 6.07) is 2.00. The number of H-pyrrole nitrogens is 1. The number of carbonyl (C=O) groups is 1. The Balaban J connectivity index is 1.92. The van der Waals surface area contributed by atoms with Crippen molar-refractivity contribution in [1.82, 2.24) is 15.2 Å². The smallest absolute Gasteiger partial charge is 0.400 e. The highest BCUT2D eigenvalue weighted by Crippen LogP contribution is 2.39. The number of carbonyl (C=O) groups excluding carboxylic acids is 1. The van der Waals surface area contributed by atoms with E-state index in [-0.39, 0.29) is 5.12 Å². The zero-order chi connectivity index (χ0) is 18.2. The highest BCUT2D eigenvalue weighted by Gasteiger charge is 2.52. The summed E-state index contributed by atoms with van der Waals surface area (Å²) >= 11 is 1.24. The Hall–Kier alpha value is -1.64. The fraction of sp³-hybridized carbons (Fsp3) is 0.471. The van der Waals surface area contributed by atoms with Gasteiger partial charge in [-0.1, -0.05) is 17.8 Å². The van der Waals surface area contributed by atoms with Crippen LogP contribution in [-0.2, 0) is 14.1 Å². The van der Waals surface area contributed by atoms with E-state index in [2.05, 4.69) is 15.2 Å². The average molecular weight is 359 g/mol. The minimum absolute atomic E-state index is 0.0610. The van der Waals surface area contributed by atoms with Crippen LogP contribution in [0.4, 0.5) is 0 Å². The third kappa shape index (κ3) is 3.81. The molecule has 3 heterocycles. The molecule has 0 aromatic carbocycles. The molecule has 0 bridgehead atoms. The van der Waals surface area contributed by atoms with Crippen molar-refractivity contribution < 1.29 is 14.1 Å². The standard InChI is InChI=1S/C17H22BN3O3S/c1-11(22)25-10-14(18-23-16(2,3)17(4,5)24-18)7-12-6-13-9-20-21-15(13)19-8-12/h6-9H,10H2,1-5H3,(H,19,20,21). The molecule has 0 unspecified atom stereocenters. The van der Waals surface area contributed by atoms with Gasteiger partial charge >= 0.3 is 7.12 Å². The van der Waals surface area contributed by atoms with E-state index in [4.69, 9.17) is 9.31 Å². The number of rotatable bonds is 4. The second-order valence-electron chi connectivity index (χ2n) is 7.16. The number of aromatic amines is 1. The molecule has 0 amide bonds. The Morgan fingerprint density at radius 2 is 1.96 bits per heavy atom. The van der Waals surface area contributed by atoms with Gasteiger partial charge in [0.25, 0.3) is 0 Å². The summed E-state index contributed by atoms with van der Waals surface area (Å²) in [5, 5.41) is 7.82. The lowest BCUT2D eigenvalue weighted by Gasteiger charge is -2.32. The van der Waals surface area contributed by atoms with Crippen LogP contribution in [-0.4, -0.2) is 44.4 Å². The van der Waals surface area contributed by atoms with E-state index in [1.807, 2.05) is 39.8 Å². The van der Waals surface area contributed by atoms with Gasteiger partial charge in [0.15, 0.2) is 10.8 Å². The van der Waals surface area contributed by atoms with Crippen molar-refractivity contribution in [2.45, 2.75) is 45.8 Å². The van der Waals surface area contributed by atoms with Crippen LogP contribution >= 0.6 is 11.8 Å². The van der Waals surface area contributed by atoms with Gasteiger partial charge in [-0.05, 0) is 44.8 Å². The molecule has 1 aliphatic rings. The van der Waals surface area contributed by atoms with Crippen LogP contribution in [0.5, 0.6) is 0 Å². The van der Waals surface area contributed by atoms with E-state index in [1.54, 1.807) is 19.3 Å². The third-order valence-electron chi connectivity index (χ3n) is 4.66. The summed E-state index contributed by atoms with van der Waals surface area (Å²) in [6.07, 6.45) is 5.49. The fourth-order valence-electron chi connectivity index (χ4n) is 2.50. The second-order valence-corrected chi connectivity index (χ2v) is 8.32. The first kappa shape index (κ1) is 18.2. The maximum atomic E-state index is 11.4. The average Bonchev–Trinajstić information content (AvgIpc) is 3.05. The topological polar surface area (TPSA) is 77.1 Å². The molecular formula is C17H22BN3O3S. The van der Waals surface area contributed by atoms with Gasteiger partial charge in [-0.15, -0.1) is 0 Å². The number of thioether (sulfide) groups is 1. The molecule has 0 spiro atoms. The van der Waals surface area contributed by atoms with Gasteiger partial charge in [0, 0.05) is 24.3 Å². The summed E-state index contributed by atoms with van der Waals surface area (Å²) < 4.78 is 12.3. The number of nitrogens with one attached hydrogen (secondary N) is 1. The van der Waals surface area contributed by atoms with Gasteiger partial charge < -0.3 is 9.31 Å². The molecule has 0 radical (unpaired) electrons. The number of nitrogens with zero attached hydrogens (tertiary/aromatic N) is 2. The van der Waals surface area contributed by atoms with E-state index in [0.717, 1.165) is 22.1 Å². The summed E-state index contributed by atoms with van der Waals surface area (Å²) in [5.74, 6) is 0.510. The molecule has 25 heavy (non-hydrogen) atoms. The largest absolute Gasteiger partial charge is 0.491 e. The van der Waals surface area contributed by atoms with Crippen molar-refractivity contribution >= 4 is 41.1 Å². The molecule has 3 rings (SSSR count). The van der Waals surface area contributed by atoms with E-state index < -0.39 is 18.3 Å². The number of pyridine rings is 1. The monoisotopic (exact) mass is 359 g/mol. The lowest BCUT2D eigenvalue weighted by atomic mass is 9.78. The Bertz CT molecular complexity index is 815. The molecular weight excluding hydrogens is 337 g/mol. The quantitative estimate of drug-likeness (QED) is 0.845. The van der Waals surface area contributed by atoms with Gasteiger partial charge in [0.05, 0.1) is 17.4 Å². The van der Waals surface area contributed by atoms with Gasteiger partial charge in [0.2, 0.25) is 0 Å². The van der Waals surface area contributed by atoms with Crippen molar-refractivity contribution in [3.8, 4) is 0 Å². The SMILES string of the molecule is CC(=O)SCC(=Cc1cnc2[nH]ncc2c1)B1OC(C)(C)C(C)(C)O1. The summed E-state index contributed by atoms with van der Waals surface area (Å²) in [6.45, 7) is 9.62.